The zero-order chi connectivity index (χ0) is 14.3. The van der Waals surface area contributed by atoms with Gasteiger partial charge in [0, 0.05) is 27.7 Å². The zero-order valence-corrected chi connectivity index (χ0v) is 14.4. The Bertz CT molecular complexity index is 714. The van der Waals surface area contributed by atoms with Gasteiger partial charge in [-0.25, -0.2) is 0 Å². The molecule has 3 rings (SSSR count). The monoisotopic (exact) mass is 370 g/mol. The van der Waals surface area contributed by atoms with E-state index in [0.29, 0.717) is 0 Å². The van der Waals surface area contributed by atoms with Crippen molar-refractivity contribution in [2.24, 2.45) is 12.9 Å². The van der Waals surface area contributed by atoms with Gasteiger partial charge in [-0.05, 0) is 40.4 Å². The van der Waals surface area contributed by atoms with Gasteiger partial charge in [0.1, 0.15) is 0 Å². The summed E-state index contributed by atoms with van der Waals surface area (Å²) in [5.74, 6) is 5.77. The summed E-state index contributed by atoms with van der Waals surface area (Å²) in [6.45, 7) is 2.00. The lowest BCUT2D eigenvalue weighted by Gasteiger charge is -2.14. The molecule has 3 aromatic heterocycles. The molecule has 0 fully saturated rings. The summed E-state index contributed by atoms with van der Waals surface area (Å²) in [5, 5.41) is 6.55. The Morgan fingerprint density at radius 1 is 1.50 bits per heavy atom. The van der Waals surface area contributed by atoms with Crippen LogP contribution in [-0.4, -0.2) is 9.78 Å². The maximum Gasteiger partial charge on any atom is 0.0738 e. The van der Waals surface area contributed by atoms with Gasteiger partial charge in [0.2, 0.25) is 0 Å². The Balaban J connectivity index is 1.92. The Morgan fingerprint density at radius 2 is 2.30 bits per heavy atom. The standard InChI is InChI=1S/C13H15BrN4S2/c1-7-13(14)9(18(2)17-7)5-8(16-15)11-6-12-10(20-11)3-4-19-12/h3-4,6,8,16H,5,15H2,1-2H3. The summed E-state index contributed by atoms with van der Waals surface area (Å²) < 4.78 is 5.63. The van der Waals surface area contributed by atoms with E-state index >= 15 is 0 Å². The molecule has 20 heavy (non-hydrogen) atoms. The SMILES string of the molecule is Cc1nn(C)c(CC(NN)c2cc3sccc3s2)c1Br. The first-order chi connectivity index (χ1) is 9.60. The van der Waals surface area contributed by atoms with Gasteiger partial charge in [0.05, 0.1) is 21.9 Å². The van der Waals surface area contributed by atoms with Crippen LogP contribution in [0.5, 0.6) is 0 Å². The van der Waals surface area contributed by atoms with Crippen LogP contribution in [-0.2, 0) is 13.5 Å². The number of nitrogens with two attached hydrogens (primary N) is 1. The summed E-state index contributed by atoms with van der Waals surface area (Å²) in [7, 11) is 1.97. The van der Waals surface area contributed by atoms with Gasteiger partial charge < -0.3 is 0 Å². The van der Waals surface area contributed by atoms with E-state index in [1.165, 1.54) is 14.3 Å². The second-order valence-electron chi connectivity index (χ2n) is 4.69. The molecule has 1 atom stereocenters. The molecular formula is C13H15BrN4S2. The third-order valence-corrected chi connectivity index (χ3v) is 6.60. The molecule has 0 aliphatic rings. The minimum absolute atomic E-state index is 0.103. The van der Waals surface area contributed by atoms with Crippen LogP contribution in [0.25, 0.3) is 9.40 Å². The van der Waals surface area contributed by atoms with Crippen molar-refractivity contribution in [1.82, 2.24) is 15.2 Å². The quantitative estimate of drug-likeness (QED) is 0.545. The van der Waals surface area contributed by atoms with Crippen LogP contribution in [0, 0.1) is 6.92 Å². The molecule has 0 spiro atoms. The molecule has 3 aromatic rings. The Labute approximate surface area is 133 Å². The number of fused-ring (bicyclic) bond motifs is 1. The van der Waals surface area contributed by atoms with Crippen LogP contribution in [0.1, 0.15) is 22.3 Å². The number of hydrazine groups is 1. The summed E-state index contributed by atoms with van der Waals surface area (Å²) in [6, 6.07) is 4.49. The predicted octanol–water partition coefficient (Wildman–Crippen LogP) is 3.51. The molecule has 0 saturated heterocycles. The van der Waals surface area contributed by atoms with Gasteiger partial charge in [0.25, 0.3) is 0 Å². The molecule has 3 N–H and O–H groups in total. The molecule has 4 nitrogen and oxygen atoms in total. The first-order valence-corrected chi connectivity index (χ1v) is 8.70. The van der Waals surface area contributed by atoms with E-state index in [0.717, 1.165) is 22.3 Å². The number of aromatic nitrogens is 2. The molecule has 0 bridgehead atoms. The second kappa shape index (κ2) is 5.57. The van der Waals surface area contributed by atoms with Gasteiger partial charge in [-0.15, -0.1) is 22.7 Å². The topological polar surface area (TPSA) is 55.9 Å². The van der Waals surface area contributed by atoms with Crippen molar-refractivity contribution in [3.8, 4) is 0 Å². The smallest absolute Gasteiger partial charge is 0.0738 e. The average Bonchev–Trinajstić information content (AvgIpc) is 3.04. The number of halogens is 1. The fourth-order valence-corrected chi connectivity index (χ4v) is 4.97. The van der Waals surface area contributed by atoms with Crippen molar-refractivity contribution in [2.45, 2.75) is 19.4 Å². The minimum Gasteiger partial charge on any atom is -0.271 e. The summed E-state index contributed by atoms with van der Waals surface area (Å²) in [5.41, 5.74) is 5.09. The highest BCUT2D eigenvalue weighted by atomic mass is 79.9. The van der Waals surface area contributed by atoms with Crippen molar-refractivity contribution < 1.29 is 0 Å². The van der Waals surface area contributed by atoms with E-state index in [1.54, 1.807) is 22.7 Å². The minimum atomic E-state index is 0.103. The molecule has 1 unspecified atom stereocenters. The lowest BCUT2D eigenvalue weighted by Crippen LogP contribution is -2.29. The largest absolute Gasteiger partial charge is 0.271 e. The first kappa shape index (κ1) is 14.2. The Morgan fingerprint density at radius 3 is 2.90 bits per heavy atom. The van der Waals surface area contributed by atoms with E-state index in [9.17, 15) is 0 Å². The van der Waals surface area contributed by atoms with Gasteiger partial charge in [-0.1, -0.05) is 0 Å². The van der Waals surface area contributed by atoms with Crippen molar-refractivity contribution >= 4 is 48.0 Å². The van der Waals surface area contributed by atoms with E-state index < -0.39 is 0 Å². The summed E-state index contributed by atoms with van der Waals surface area (Å²) in [4.78, 5) is 1.26. The van der Waals surface area contributed by atoms with E-state index in [1.807, 2.05) is 18.7 Å². The zero-order valence-electron chi connectivity index (χ0n) is 11.2. The molecule has 0 aliphatic carbocycles. The van der Waals surface area contributed by atoms with Crippen molar-refractivity contribution in [1.29, 1.82) is 0 Å². The van der Waals surface area contributed by atoms with Crippen molar-refractivity contribution in [3.63, 3.8) is 0 Å². The molecule has 106 valence electrons. The molecule has 3 heterocycles. The molecule has 0 aromatic carbocycles. The normalized spacial score (nSPS) is 13.2. The van der Waals surface area contributed by atoms with Crippen LogP contribution in [0.3, 0.4) is 0 Å². The van der Waals surface area contributed by atoms with Crippen molar-refractivity contribution in [2.75, 3.05) is 0 Å². The third kappa shape index (κ3) is 2.44. The number of nitrogens with zero attached hydrogens (tertiary/aromatic N) is 2. The molecule has 0 aliphatic heterocycles. The second-order valence-corrected chi connectivity index (χ2v) is 7.55. The predicted molar refractivity (Wildman–Crippen MR) is 89.1 cm³/mol. The van der Waals surface area contributed by atoms with Gasteiger partial charge in [0.15, 0.2) is 0 Å². The molecule has 0 saturated carbocycles. The van der Waals surface area contributed by atoms with Gasteiger partial charge >= 0.3 is 0 Å². The van der Waals surface area contributed by atoms with Crippen LogP contribution < -0.4 is 11.3 Å². The highest BCUT2D eigenvalue weighted by Crippen LogP contribution is 2.35. The summed E-state index contributed by atoms with van der Waals surface area (Å²) in [6.07, 6.45) is 0.808. The molecule has 7 heteroatoms. The Kier molecular flexibility index (Phi) is 3.96. The number of thiophene rings is 2. The van der Waals surface area contributed by atoms with Crippen LogP contribution >= 0.6 is 38.6 Å². The van der Waals surface area contributed by atoms with Crippen LogP contribution in [0.15, 0.2) is 22.0 Å². The number of rotatable bonds is 4. The third-order valence-electron chi connectivity index (χ3n) is 3.36. The highest BCUT2D eigenvalue weighted by Gasteiger charge is 2.19. The number of aryl methyl sites for hydroxylation is 2. The Hall–Kier alpha value is -0.730. The number of hydrogen-bond acceptors (Lipinski definition) is 5. The lowest BCUT2D eigenvalue weighted by molar-refractivity contribution is 0.536. The number of nitrogens with one attached hydrogen (secondary N) is 1. The number of hydrogen-bond donors (Lipinski definition) is 2. The maximum absolute atomic E-state index is 5.77. The lowest BCUT2D eigenvalue weighted by atomic mass is 10.1. The first-order valence-electron chi connectivity index (χ1n) is 6.21. The summed E-state index contributed by atoms with van der Waals surface area (Å²) >= 11 is 7.18. The molecule has 0 amide bonds. The fraction of sp³-hybridized carbons (Fsp3) is 0.308. The molecular weight excluding hydrogens is 356 g/mol. The average molecular weight is 371 g/mol. The van der Waals surface area contributed by atoms with Gasteiger partial charge in [-0.2, -0.15) is 5.10 Å². The van der Waals surface area contributed by atoms with Gasteiger partial charge in [-0.3, -0.25) is 16.0 Å². The maximum atomic E-state index is 5.77. The van der Waals surface area contributed by atoms with E-state index in [4.69, 9.17) is 5.84 Å². The van der Waals surface area contributed by atoms with E-state index in [-0.39, 0.29) is 6.04 Å². The van der Waals surface area contributed by atoms with E-state index in [2.05, 4.69) is 44.0 Å². The fourth-order valence-electron chi connectivity index (χ4n) is 2.29. The molecule has 0 radical (unpaired) electrons. The van der Waals surface area contributed by atoms with Crippen LogP contribution in [0.4, 0.5) is 0 Å². The highest BCUT2D eigenvalue weighted by molar-refractivity contribution is 9.10. The van der Waals surface area contributed by atoms with Crippen molar-refractivity contribution in [3.05, 3.63) is 38.3 Å². The van der Waals surface area contributed by atoms with Crippen LogP contribution in [0.2, 0.25) is 0 Å².